The number of amides is 1. The molecule has 0 bridgehead atoms. The van der Waals surface area contributed by atoms with Crippen LogP contribution in [0.25, 0.3) is 0 Å². The summed E-state index contributed by atoms with van der Waals surface area (Å²) in [6.45, 7) is 1.28. The van der Waals surface area contributed by atoms with E-state index in [1.807, 2.05) is 0 Å². The highest BCUT2D eigenvalue weighted by Gasteiger charge is 2.24. The van der Waals surface area contributed by atoms with E-state index in [0.29, 0.717) is 16.5 Å². The van der Waals surface area contributed by atoms with Crippen molar-refractivity contribution in [2.75, 3.05) is 5.32 Å². The van der Waals surface area contributed by atoms with Gasteiger partial charge in [0.25, 0.3) is 17.3 Å². The van der Waals surface area contributed by atoms with E-state index < -0.39 is 27.1 Å². The van der Waals surface area contributed by atoms with Crippen molar-refractivity contribution in [2.45, 2.75) is 13.5 Å². The van der Waals surface area contributed by atoms with Gasteiger partial charge in [0.05, 0.1) is 20.6 Å². The maximum absolute atomic E-state index is 12.4. The minimum absolute atomic E-state index is 0.0124. The maximum Gasteiger partial charge on any atom is 0.291 e. The molecule has 30 heavy (non-hydrogen) atoms. The predicted molar refractivity (Wildman–Crippen MR) is 107 cm³/mol. The number of furan rings is 1. The molecule has 3 rings (SSSR count). The van der Waals surface area contributed by atoms with Crippen molar-refractivity contribution in [1.82, 2.24) is 0 Å². The van der Waals surface area contributed by atoms with Crippen LogP contribution in [0.1, 0.15) is 21.9 Å². The summed E-state index contributed by atoms with van der Waals surface area (Å²) in [5, 5.41) is 25.1. The normalized spacial score (nSPS) is 10.5. The van der Waals surface area contributed by atoms with Gasteiger partial charge in [0, 0.05) is 12.1 Å². The van der Waals surface area contributed by atoms with E-state index in [2.05, 4.69) is 5.32 Å². The summed E-state index contributed by atoms with van der Waals surface area (Å²) in [7, 11) is 0. The summed E-state index contributed by atoms with van der Waals surface area (Å²) < 4.78 is 10.9. The van der Waals surface area contributed by atoms with Gasteiger partial charge in [0.15, 0.2) is 5.76 Å². The fraction of sp³-hybridized carbons (Fsp3) is 0.105. The van der Waals surface area contributed by atoms with Crippen molar-refractivity contribution < 1.29 is 23.8 Å². The lowest BCUT2D eigenvalue weighted by atomic mass is 10.1. The SMILES string of the molecule is Cc1c([N+](=O)[O-])cc(NC(=O)c2ccc(COc3ccccc3Cl)o2)cc1[N+](=O)[O-]. The van der Waals surface area contributed by atoms with Crippen LogP contribution in [0.2, 0.25) is 5.02 Å². The van der Waals surface area contributed by atoms with Crippen LogP contribution in [-0.2, 0) is 6.61 Å². The minimum Gasteiger partial charge on any atom is -0.484 e. The van der Waals surface area contributed by atoms with Crippen LogP contribution >= 0.6 is 11.6 Å². The molecule has 0 aliphatic heterocycles. The van der Waals surface area contributed by atoms with Crippen LogP contribution in [0.5, 0.6) is 5.75 Å². The van der Waals surface area contributed by atoms with Crippen molar-refractivity contribution in [3.8, 4) is 5.75 Å². The number of anilines is 1. The number of para-hydroxylation sites is 1. The minimum atomic E-state index is -0.755. The number of nitrogens with zero attached hydrogens (tertiary/aromatic N) is 2. The highest BCUT2D eigenvalue weighted by atomic mass is 35.5. The Bertz CT molecular complexity index is 1110. The second kappa shape index (κ2) is 8.62. The molecule has 0 atom stereocenters. The molecule has 10 nitrogen and oxygen atoms in total. The number of nitro groups is 2. The second-order valence-electron chi connectivity index (χ2n) is 6.09. The first-order valence-corrected chi connectivity index (χ1v) is 8.85. The van der Waals surface area contributed by atoms with Gasteiger partial charge in [-0.2, -0.15) is 0 Å². The standard InChI is InChI=1S/C19H14ClN3O7/c1-11-15(22(25)26)8-12(9-16(11)23(27)28)21-19(24)18-7-6-13(30-18)10-29-17-5-3-2-4-14(17)20/h2-9H,10H2,1H3,(H,21,24). The second-order valence-corrected chi connectivity index (χ2v) is 6.50. The highest BCUT2D eigenvalue weighted by molar-refractivity contribution is 6.32. The summed E-state index contributed by atoms with van der Waals surface area (Å²) in [4.78, 5) is 33.2. The van der Waals surface area contributed by atoms with Crippen LogP contribution < -0.4 is 10.1 Å². The van der Waals surface area contributed by atoms with E-state index in [1.54, 1.807) is 24.3 Å². The molecule has 3 aromatic rings. The Morgan fingerprint density at radius 1 is 1.10 bits per heavy atom. The zero-order chi connectivity index (χ0) is 21.8. The quantitative estimate of drug-likeness (QED) is 0.415. The van der Waals surface area contributed by atoms with E-state index in [4.69, 9.17) is 20.8 Å². The van der Waals surface area contributed by atoms with E-state index in [-0.39, 0.29) is 23.6 Å². The van der Waals surface area contributed by atoms with Crippen molar-refractivity contribution in [2.24, 2.45) is 0 Å². The van der Waals surface area contributed by atoms with Gasteiger partial charge in [-0.25, -0.2) is 0 Å². The van der Waals surface area contributed by atoms with E-state index in [9.17, 15) is 25.0 Å². The van der Waals surface area contributed by atoms with E-state index in [1.165, 1.54) is 19.1 Å². The Hall–Kier alpha value is -3.92. The average molecular weight is 432 g/mol. The molecule has 11 heteroatoms. The van der Waals surface area contributed by atoms with Gasteiger partial charge < -0.3 is 14.5 Å². The summed E-state index contributed by atoms with van der Waals surface area (Å²) in [6.07, 6.45) is 0. The molecule has 1 heterocycles. The topological polar surface area (TPSA) is 138 Å². The molecule has 0 aliphatic rings. The predicted octanol–water partition coefficient (Wildman–Crippen LogP) is 4.89. The fourth-order valence-corrected chi connectivity index (χ4v) is 2.81. The fourth-order valence-electron chi connectivity index (χ4n) is 2.62. The smallest absolute Gasteiger partial charge is 0.291 e. The number of hydrogen-bond donors (Lipinski definition) is 1. The molecule has 2 aromatic carbocycles. The molecule has 154 valence electrons. The molecule has 0 saturated heterocycles. The molecule has 0 saturated carbocycles. The maximum atomic E-state index is 12.4. The van der Waals surface area contributed by atoms with Crippen molar-refractivity contribution >= 4 is 34.6 Å². The number of carbonyl (C=O) groups excluding carboxylic acids is 1. The van der Waals surface area contributed by atoms with Crippen LogP contribution in [0, 0.1) is 27.2 Å². The lowest BCUT2D eigenvalue weighted by molar-refractivity contribution is -0.395. The molecule has 1 aromatic heterocycles. The first-order chi connectivity index (χ1) is 14.3. The third kappa shape index (κ3) is 4.55. The number of nitrogens with one attached hydrogen (secondary N) is 1. The summed E-state index contributed by atoms with van der Waals surface area (Å²) in [6, 6.07) is 11.8. The van der Waals surface area contributed by atoms with Gasteiger partial charge in [0.2, 0.25) is 0 Å². The Labute approximate surface area is 174 Å². The van der Waals surface area contributed by atoms with Gasteiger partial charge in [-0.3, -0.25) is 25.0 Å². The van der Waals surface area contributed by atoms with Crippen LogP contribution in [-0.4, -0.2) is 15.8 Å². The van der Waals surface area contributed by atoms with Gasteiger partial charge in [-0.05, 0) is 31.2 Å². The van der Waals surface area contributed by atoms with E-state index >= 15 is 0 Å². The van der Waals surface area contributed by atoms with E-state index in [0.717, 1.165) is 12.1 Å². The number of rotatable bonds is 7. The van der Waals surface area contributed by atoms with Crippen LogP contribution in [0.3, 0.4) is 0 Å². The number of halogens is 1. The Morgan fingerprint density at radius 2 is 1.73 bits per heavy atom. The molecule has 0 fully saturated rings. The number of hydrogen-bond acceptors (Lipinski definition) is 7. The molecular weight excluding hydrogens is 418 g/mol. The molecular formula is C19H14ClN3O7. The highest BCUT2D eigenvalue weighted by Crippen LogP contribution is 2.32. The van der Waals surface area contributed by atoms with Gasteiger partial charge in [-0.1, -0.05) is 23.7 Å². The van der Waals surface area contributed by atoms with Crippen molar-refractivity contribution in [3.05, 3.63) is 90.9 Å². The number of carbonyl (C=O) groups is 1. The number of nitro benzene ring substituents is 2. The molecule has 0 spiro atoms. The summed E-state index contributed by atoms with van der Waals surface area (Å²) in [5.41, 5.74) is -1.17. The van der Waals surface area contributed by atoms with Crippen LogP contribution in [0.4, 0.5) is 17.1 Å². The third-order valence-corrected chi connectivity index (χ3v) is 4.41. The zero-order valence-corrected chi connectivity index (χ0v) is 16.2. The number of ether oxygens (including phenoxy) is 1. The lowest BCUT2D eigenvalue weighted by Gasteiger charge is -2.06. The molecule has 0 unspecified atom stereocenters. The third-order valence-electron chi connectivity index (χ3n) is 4.10. The first kappa shape index (κ1) is 20.8. The lowest BCUT2D eigenvalue weighted by Crippen LogP contribution is -2.12. The zero-order valence-electron chi connectivity index (χ0n) is 15.5. The molecule has 0 radical (unpaired) electrons. The summed E-state index contributed by atoms with van der Waals surface area (Å²) >= 11 is 6.00. The number of benzene rings is 2. The average Bonchev–Trinajstić information content (AvgIpc) is 3.17. The molecule has 1 N–H and O–H groups in total. The first-order valence-electron chi connectivity index (χ1n) is 8.47. The van der Waals surface area contributed by atoms with Gasteiger partial charge in [0.1, 0.15) is 23.7 Å². The van der Waals surface area contributed by atoms with Crippen molar-refractivity contribution in [1.29, 1.82) is 0 Å². The van der Waals surface area contributed by atoms with Gasteiger partial charge in [-0.15, -0.1) is 0 Å². The molecule has 1 amide bonds. The van der Waals surface area contributed by atoms with Crippen LogP contribution in [0.15, 0.2) is 52.9 Å². The van der Waals surface area contributed by atoms with Gasteiger partial charge >= 0.3 is 0 Å². The Kier molecular flexibility index (Phi) is 5.98. The monoisotopic (exact) mass is 431 g/mol. The van der Waals surface area contributed by atoms with Crippen molar-refractivity contribution in [3.63, 3.8) is 0 Å². The Balaban J connectivity index is 1.75. The molecule has 0 aliphatic carbocycles. The largest absolute Gasteiger partial charge is 0.484 e. The summed E-state index contributed by atoms with van der Waals surface area (Å²) in [5.74, 6) is -0.0492. The Morgan fingerprint density at radius 3 is 2.33 bits per heavy atom.